The Bertz CT molecular complexity index is 812. The topological polar surface area (TPSA) is 95.1 Å². The maximum absolute atomic E-state index is 12.4. The zero-order valence-electron chi connectivity index (χ0n) is 16.3. The molecule has 2 N–H and O–H groups in total. The Hall–Kier alpha value is -3.26. The first-order chi connectivity index (χ1) is 13.5. The van der Waals surface area contributed by atoms with Crippen molar-refractivity contribution in [2.75, 3.05) is 40.3 Å². The average molecular weight is 388 g/mol. The van der Waals surface area contributed by atoms with Gasteiger partial charge in [-0.15, -0.1) is 0 Å². The molecule has 2 amide bonds. The molecular weight excluding hydrogens is 364 g/mol. The lowest BCUT2D eigenvalue weighted by Gasteiger charge is -2.14. The van der Waals surface area contributed by atoms with E-state index in [1.807, 2.05) is 18.2 Å². The average Bonchev–Trinajstić information content (AvgIpc) is 2.71. The molecule has 0 unspecified atom stereocenters. The molecule has 28 heavy (non-hydrogen) atoms. The monoisotopic (exact) mass is 388 g/mol. The number of hydrogen-bond donors (Lipinski definition) is 2. The van der Waals surface area contributed by atoms with Gasteiger partial charge in [-0.25, -0.2) is 0 Å². The zero-order chi connectivity index (χ0) is 20.5. The molecule has 0 saturated heterocycles. The van der Waals surface area contributed by atoms with Gasteiger partial charge in [0.1, 0.15) is 0 Å². The second kappa shape index (κ2) is 10.2. The van der Waals surface area contributed by atoms with Gasteiger partial charge in [0, 0.05) is 18.4 Å². The molecule has 0 fully saturated rings. The van der Waals surface area contributed by atoms with Crippen molar-refractivity contribution in [1.29, 1.82) is 0 Å². The second-order valence-corrected chi connectivity index (χ2v) is 5.78. The minimum absolute atomic E-state index is 0.190. The normalized spacial score (nSPS) is 10.1. The molecule has 0 aliphatic carbocycles. The summed E-state index contributed by atoms with van der Waals surface area (Å²) in [5, 5.41) is 5.30. The molecule has 0 aromatic heterocycles. The smallest absolute Gasteiger partial charge is 0.251 e. The Morgan fingerprint density at radius 1 is 0.929 bits per heavy atom. The van der Waals surface area contributed by atoms with Gasteiger partial charge in [-0.2, -0.15) is 0 Å². The van der Waals surface area contributed by atoms with Crippen LogP contribution in [0.5, 0.6) is 17.2 Å². The molecular formula is C20H24N2O6. The molecule has 2 aromatic carbocycles. The molecule has 150 valence electrons. The van der Waals surface area contributed by atoms with Gasteiger partial charge in [0.2, 0.25) is 11.7 Å². The Kier molecular flexibility index (Phi) is 7.65. The second-order valence-electron chi connectivity index (χ2n) is 5.78. The van der Waals surface area contributed by atoms with E-state index in [4.69, 9.17) is 18.9 Å². The molecule has 0 heterocycles. The first-order valence-electron chi connectivity index (χ1n) is 8.48. The molecule has 0 atom stereocenters. The first-order valence-corrected chi connectivity index (χ1v) is 8.48. The van der Waals surface area contributed by atoms with Crippen LogP contribution >= 0.6 is 0 Å². The quantitative estimate of drug-likeness (QED) is 0.684. The molecule has 0 radical (unpaired) electrons. The Balaban J connectivity index is 2.01. The number of nitrogens with one attached hydrogen (secondary N) is 2. The summed E-state index contributed by atoms with van der Waals surface area (Å²) in [5.74, 6) is 0.297. The summed E-state index contributed by atoms with van der Waals surface area (Å²) < 4.78 is 20.8. The van der Waals surface area contributed by atoms with Crippen molar-refractivity contribution in [1.82, 2.24) is 5.32 Å². The van der Waals surface area contributed by atoms with Gasteiger partial charge in [-0.3, -0.25) is 9.59 Å². The van der Waals surface area contributed by atoms with E-state index < -0.39 is 5.91 Å². The predicted octanol–water partition coefficient (Wildman–Crippen LogP) is 2.23. The predicted molar refractivity (Wildman–Crippen MR) is 104 cm³/mol. The number of methoxy groups -OCH3 is 4. The van der Waals surface area contributed by atoms with E-state index in [2.05, 4.69) is 10.6 Å². The molecule has 0 aliphatic heterocycles. The lowest BCUT2D eigenvalue weighted by molar-refractivity contribution is -0.115. The van der Waals surface area contributed by atoms with Crippen LogP contribution < -0.4 is 24.8 Å². The highest BCUT2D eigenvalue weighted by molar-refractivity contribution is 6.00. The minimum Gasteiger partial charge on any atom is -0.493 e. The fourth-order valence-electron chi connectivity index (χ4n) is 2.59. The van der Waals surface area contributed by atoms with E-state index >= 15 is 0 Å². The van der Waals surface area contributed by atoms with E-state index in [0.717, 1.165) is 5.56 Å². The van der Waals surface area contributed by atoms with Gasteiger partial charge in [-0.1, -0.05) is 12.1 Å². The van der Waals surface area contributed by atoms with Gasteiger partial charge in [0.05, 0.1) is 34.5 Å². The van der Waals surface area contributed by atoms with Crippen molar-refractivity contribution in [3.05, 3.63) is 47.5 Å². The largest absolute Gasteiger partial charge is 0.493 e. The molecule has 0 bridgehead atoms. The summed E-state index contributed by atoms with van der Waals surface area (Å²) in [7, 11) is 6.00. The van der Waals surface area contributed by atoms with Gasteiger partial charge < -0.3 is 29.6 Å². The van der Waals surface area contributed by atoms with Crippen LogP contribution in [0.25, 0.3) is 0 Å². The number of ether oxygens (including phenoxy) is 4. The van der Waals surface area contributed by atoms with Crippen molar-refractivity contribution < 1.29 is 28.5 Å². The molecule has 0 saturated carbocycles. The Morgan fingerprint density at radius 2 is 1.61 bits per heavy atom. The highest BCUT2D eigenvalue weighted by Gasteiger charge is 2.17. The van der Waals surface area contributed by atoms with E-state index in [0.29, 0.717) is 29.5 Å². The number of rotatable bonds is 9. The summed E-state index contributed by atoms with van der Waals surface area (Å²) >= 11 is 0. The number of amides is 2. The summed E-state index contributed by atoms with van der Waals surface area (Å²) in [5.41, 5.74) is 1.84. The van der Waals surface area contributed by atoms with Crippen LogP contribution in [0.2, 0.25) is 0 Å². The van der Waals surface area contributed by atoms with Gasteiger partial charge >= 0.3 is 0 Å². The maximum Gasteiger partial charge on any atom is 0.251 e. The molecule has 8 heteroatoms. The van der Waals surface area contributed by atoms with Crippen LogP contribution in [0.4, 0.5) is 5.69 Å². The van der Waals surface area contributed by atoms with Gasteiger partial charge in [-0.05, 0) is 29.8 Å². The third-order valence-electron chi connectivity index (χ3n) is 3.86. The van der Waals surface area contributed by atoms with Crippen molar-refractivity contribution >= 4 is 17.5 Å². The van der Waals surface area contributed by atoms with E-state index in [1.54, 1.807) is 13.2 Å². The van der Waals surface area contributed by atoms with Gasteiger partial charge in [0.15, 0.2) is 11.5 Å². The van der Waals surface area contributed by atoms with Crippen molar-refractivity contribution in [3.63, 3.8) is 0 Å². The Morgan fingerprint density at radius 3 is 2.18 bits per heavy atom. The third kappa shape index (κ3) is 5.37. The number of carbonyl (C=O) groups excluding carboxylic acids is 2. The van der Waals surface area contributed by atoms with Crippen LogP contribution in [-0.4, -0.2) is 46.8 Å². The lowest BCUT2D eigenvalue weighted by atomic mass is 10.1. The number of hydrogen-bond acceptors (Lipinski definition) is 6. The molecule has 0 spiro atoms. The highest BCUT2D eigenvalue weighted by atomic mass is 16.5. The molecule has 2 rings (SSSR count). The Labute approximate surface area is 163 Å². The summed E-state index contributed by atoms with van der Waals surface area (Å²) in [6, 6.07) is 10.3. The van der Waals surface area contributed by atoms with Crippen LogP contribution in [0.15, 0.2) is 36.4 Å². The molecule has 0 aliphatic rings. The van der Waals surface area contributed by atoms with Gasteiger partial charge in [0.25, 0.3) is 5.91 Å². The molecule has 2 aromatic rings. The van der Waals surface area contributed by atoms with Crippen LogP contribution in [0.1, 0.15) is 15.9 Å². The fourth-order valence-corrected chi connectivity index (χ4v) is 2.59. The third-order valence-corrected chi connectivity index (χ3v) is 3.86. The number of anilines is 1. The molecule has 8 nitrogen and oxygen atoms in total. The zero-order valence-corrected chi connectivity index (χ0v) is 16.3. The lowest BCUT2D eigenvalue weighted by Crippen LogP contribution is -2.32. The number of benzene rings is 2. The van der Waals surface area contributed by atoms with Crippen LogP contribution in [0, 0.1) is 0 Å². The van der Waals surface area contributed by atoms with E-state index in [9.17, 15) is 9.59 Å². The summed E-state index contributed by atoms with van der Waals surface area (Å²) in [4.78, 5) is 24.6. The summed E-state index contributed by atoms with van der Waals surface area (Å²) in [6.45, 7) is 0.256. The van der Waals surface area contributed by atoms with E-state index in [-0.39, 0.29) is 18.0 Å². The SMILES string of the molecule is COCc1cccc(NC(=O)CNC(=O)c2cc(OC)c(OC)c(OC)c2)c1. The maximum atomic E-state index is 12.4. The minimum atomic E-state index is -0.442. The van der Waals surface area contributed by atoms with Crippen molar-refractivity contribution in [2.45, 2.75) is 6.61 Å². The van der Waals surface area contributed by atoms with Crippen LogP contribution in [0.3, 0.4) is 0 Å². The first kappa shape index (κ1) is 21.0. The fraction of sp³-hybridized carbons (Fsp3) is 0.300. The standard InChI is InChI=1S/C20H24N2O6/c1-25-12-13-6-5-7-15(8-13)22-18(23)11-21-20(24)14-9-16(26-2)19(28-4)17(10-14)27-3/h5-10H,11-12H2,1-4H3,(H,21,24)(H,22,23). The van der Waals surface area contributed by atoms with Crippen LogP contribution in [-0.2, 0) is 16.1 Å². The van der Waals surface area contributed by atoms with Crippen molar-refractivity contribution in [3.8, 4) is 17.2 Å². The summed E-state index contributed by atoms with van der Waals surface area (Å²) in [6.07, 6.45) is 0. The van der Waals surface area contributed by atoms with E-state index in [1.165, 1.54) is 33.5 Å². The van der Waals surface area contributed by atoms with Crippen molar-refractivity contribution in [2.24, 2.45) is 0 Å². The number of carbonyl (C=O) groups is 2. The highest BCUT2D eigenvalue weighted by Crippen LogP contribution is 2.38.